The Labute approximate surface area is 131 Å². The first-order valence-corrected chi connectivity index (χ1v) is 7.14. The highest BCUT2D eigenvalue weighted by Crippen LogP contribution is 2.24. The first kappa shape index (κ1) is 15.4. The Balaban J connectivity index is 1.70. The summed E-state index contributed by atoms with van der Waals surface area (Å²) in [6, 6.07) is 13.0. The third-order valence-corrected chi connectivity index (χ3v) is 3.72. The van der Waals surface area contributed by atoms with E-state index < -0.39 is 6.36 Å². The number of amides is 1. The summed E-state index contributed by atoms with van der Waals surface area (Å²) in [5.74, 6) is -0.320. The van der Waals surface area contributed by atoms with Crippen molar-refractivity contribution in [1.82, 2.24) is 4.90 Å². The molecule has 0 bridgehead atoms. The fourth-order valence-corrected chi connectivity index (χ4v) is 2.64. The molecular formula is C17H14F3NO2. The van der Waals surface area contributed by atoms with Crippen LogP contribution in [0.4, 0.5) is 13.2 Å². The molecule has 0 fully saturated rings. The lowest BCUT2D eigenvalue weighted by molar-refractivity contribution is -0.274. The number of hydrogen-bond acceptors (Lipinski definition) is 2. The monoisotopic (exact) mass is 321 g/mol. The Bertz CT molecular complexity index is 711. The van der Waals surface area contributed by atoms with E-state index in [1.165, 1.54) is 24.3 Å². The normalized spacial score (nSPS) is 14.6. The van der Waals surface area contributed by atoms with Crippen molar-refractivity contribution in [1.29, 1.82) is 0 Å². The summed E-state index contributed by atoms with van der Waals surface area (Å²) in [6.45, 7) is 0.954. The number of alkyl halides is 3. The Hall–Kier alpha value is -2.50. The van der Waals surface area contributed by atoms with Crippen LogP contribution in [0.3, 0.4) is 0 Å². The van der Waals surface area contributed by atoms with Crippen LogP contribution in [0.25, 0.3) is 0 Å². The zero-order valence-corrected chi connectivity index (χ0v) is 12.1. The van der Waals surface area contributed by atoms with Crippen LogP contribution in [0, 0.1) is 0 Å². The van der Waals surface area contributed by atoms with Gasteiger partial charge in [0.1, 0.15) is 5.75 Å². The molecule has 1 aliphatic heterocycles. The lowest BCUT2D eigenvalue weighted by Crippen LogP contribution is -2.36. The molecule has 0 atom stereocenters. The third kappa shape index (κ3) is 3.64. The standard InChI is InChI=1S/C17H14F3NO2/c18-17(19,20)23-14-7-5-12(6-8-14)11-21-10-9-13-3-1-2-4-15(13)16(21)22/h1-8H,9-11H2. The lowest BCUT2D eigenvalue weighted by Gasteiger charge is -2.28. The van der Waals surface area contributed by atoms with Crippen molar-refractivity contribution in [2.24, 2.45) is 0 Å². The van der Waals surface area contributed by atoms with Crippen LogP contribution in [-0.2, 0) is 13.0 Å². The van der Waals surface area contributed by atoms with Crippen LogP contribution < -0.4 is 4.74 Å². The summed E-state index contributed by atoms with van der Waals surface area (Å²) in [4.78, 5) is 14.1. The zero-order valence-electron chi connectivity index (χ0n) is 12.1. The average Bonchev–Trinajstić information content (AvgIpc) is 2.51. The number of ether oxygens (including phenoxy) is 1. The maximum absolute atomic E-state index is 12.4. The van der Waals surface area contributed by atoms with Crippen LogP contribution in [-0.4, -0.2) is 23.7 Å². The quantitative estimate of drug-likeness (QED) is 0.861. The van der Waals surface area contributed by atoms with Gasteiger partial charge in [-0.1, -0.05) is 30.3 Å². The predicted molar refractivity (Wildman–Crippen MR) is 78.0 cm³/mol. The molecule has 0 aliphatic carbocycles. The van der Waals surface area contributed by atoms with Gasteiger partial charge in [-0.3, -0.25) is 4.79 Å². The number of carbonyl (C=O) groups excluding carboxylic acids is 1. The highest BCUT2D eigenvalue weighted by molar-refractivity contribution is 5.96. The van der Waals surface area contributed by atoms with E-state index in [0.717, 1.165) is 17.5 Å². The molecule has 3 rings (SSSR count). The van der Waals surface area contributed by atoms with E-state index in [1.54, 1.807) is 11.0 Å². The van der Waals surface area contributed by atoms with Crippen LogP contribution in [0.1, 0.15) is 21.5 Å². The lowest BCUT2D eigenvalue weighted by atomic mass is 9.99. The number of nitrogens with zero attached hydrogens (tertiary/aromatic N) is 1. The molecule has 0 spiro atoms. The first-order valence-electron chi connectivity index (χ1n) is 7.14. The molecule has 1 heterocycles. The van der Waals surface area contributed by atoms with Crippen molar-refractivity contribution >= 4 is 5.91 Å². The fourth-order valence-electron chi connectivity index (χ4n) is 2.64. The van der Waals surface area contributed by atoms with Gasteiger partial charge in [0.2, 0.25) is 0 Å². The predicted octanol–water partition coefficient (Wildman–Crippen LogP) is 3.78. The molecule has 1 amide bonds. The van der Waals surface area contributed by atoms with Crippen molar-refractivity contribution in [2.75, 3.05) is 6.54 Å². The minimum absolute atomic E-state index is 0.0533. The summed E-state index contributed by atoms with van der Waals surface area (Å²) in [6.07, 6.45) is -3.93. The number of rotatable bonds is 3. The van der Waals surface area contributed by atoms with E-state index in [1.807, 2.05) is 18.2 Å². The van der Waals surface area contributed by atoms with Crippen LogP contribution in [0.15, 0.2) is 48.5 Å². The third-order valence-electron chi connectivity index (χ3n) is 3.72. The average molecular weight is 321 g/mol. The molecule has 0 unspecified atom stereocenters. The molecule has 2 aromatic rings. The van der Waals surface area contributed by atoms with Gasteiger partial charge in [0.05, 0.1) is 0 Å². The molecule has 0 saturated carbocycles. The number of benzene rings is 2. The highest BCUT2D eigenvalue weighted by atomic mass is 19.4. The SMILES string of the molecule is O=C1c2ccccc2CCN1Cc1ccc(OC(F)(F)F)cc1. The summed E-state index contributed by atoms with van der Waals surface area (Å²) in [7, 11) is 0. The zero-order chi connectivity index (χ0) is 16.4. The minimum atomic E-state index is -4.70. The summed E-state index contributed by atoms with van der Waals surface area (Å²) >= 11 is 0. The van der Waals surface area contributed by atoms with E-state index in [9.17, 15) is 18.0 Å². The van der Waals surface area contributed by atoms with Gasteiger partial charge in [0.25, 0.3) is 5.91 Å². The van der Waals surface area contributed by atoms with Gasteiger partial charge >= 0.3 is 6.36 Å². The number of halogens is 3. The maximum Gasteiger partial charge on any atom is 0.573 e. The Kier molecular flexibility index (Phi) is 3.98. The van der Waals surface area contributed by atoms with Crippen molar-refractivity contribution in [3.63, 3.8) is 0 Å². The largest absolute Gasteiger partial charge is 0.573 e. The molecule has 1 aliphatic rings. The van der Waals surface area contributed by atoms with Crippen LogP contribution >= 0.6 is 0 Å². The van der Waals surface area contributed by atoms with E-state index in [4.69, 9.17) is 0 Å². The van der Waals surface area contributed by atoms with Crippen LogP contribution in [0.2, 0.25) is 0 Å². The topological polar surface area (TPSA) is 29.5 Å². The molecule has 0 saturated heterocycles. The second-order valence-corrected chi connectivity index (χ2v) is 5.33. The smallest absolute Gasteiger partial charge is 0.406 e. The number of fused-ring (bicyclic) bond motifs is 1. The van der Waals surface area contributed by atoms with Gasteiger partial charge in [-0.05, 0) is 35.7 Å². The molecule has 0 N–H and O–H groups in total. The number of hydrogen-bond donors (Lipinski definition) is 0. The highest BCUT2D eigenvalue weighted by Gasteiger charge is 2.31. The van der Waals surface area contributed by atoms with Gasteiger partial charge in [0, 0.05) is 18.7 Å². The molecule has 120 valence electrons. The van der Waals surface area contributed by atoms with Gasteiger partial charge in [0.15, 0.2) is 0 Å². The Morgan fingerprint density at radius 2 is 1.74 bits per heavy atom. The molecule has 0 aromatic heterocycles. The first-order chi connectivity index (χ1) is 10.9. The van der Waals surface area contributed by atoms with Gasteiger partial charge in [-0.2, -0.15) is 0 Å². The van der Waals surface area contributed by atoms with Gasteiger partial charge in [-0.25, -0.2) is 0 Å². The molecular weight excluding hydrogens is 307 g/mol. The van der Waals surface area contributed by atoms with E-state index >= 15 is 0 Å². The Morgan fingerprint density at radius 1 is 1.04 bits per heavy atom. The summed E-state index contributed by atoms with van der Waals surface area (Å²) < 4.78 is 40.2. The van der Waals surface area contributed by atoms with E-state index in [2.05, 4.69) is 4.74 Å². The Morgan fingerprint density at radius 3 is 2.43 bits per heavy atom. The van der Waals surface area contributed by atoms with E-state index in [0.29, 0.717) is 18.7 Å². The molecule has 0 radical (unpaired) electrons. The van der Waals surface area contributed by atoms with Crippen LogP contribution in [0.5, 0.6) is 5.75 Å². The molecule has 23 heavy (non-hydrogen) atoms. The van der Waals surface area contributed by atoms with Crippen molar-refractivity contribution < 1.29 is 22.7 Å². The molecule has 6 heteroatoms. The minimum Gasteiger partial charge on any atom is -0.406 e. The maximum atomic E-state index is 12.4. The number of carbonyl (C=O) groups is 1. The summed E-state index contributed by atoms with van der Waals surface area (Å²) in [5, 5.41) is 0. The van der Waals surface area contributed by atoms with Gasteiger partial charge in [-0.15, -0.1) is 13.2 Å². The van der Waals surface area contributed by atoms with Gasteiger partial charge < -0.3 is 9.64 Å². The second-order valence-electron chi connectivity index (χ2n) is 5.33. The van der Waals surface area contributed by atoms with Crippen molar-refractivity contribution in [3.8, 4) is 5.75 Å². The summed E-state index contributed by atoms with van der Waals surface area (Å²) in [5.41, 5.74) is 2.48. The molecule has 2 aromatic carbocycles. The fraction of sp³-hybridized carbons (Fsp3) is 0.235. The van der Waals surface area contributed by atoms with Crippen molar-refractivity contribution in [2.45, 2.75) is 19.3 Å². The van der Waals surface area contributed by atoms with E-state index in [-0.39, 0.29) is 11.7 Å². The second kappa shape index (κ2) is 5.95. The molecule has 3 nitrogen and oxygen atoms in total. The van der Waals surface area contributed by atoms with Crippen molar-refractivity contribution in [3.05, 3.63) is 65.2 Å².